The molecule has 4 aliphatic carbocycles. The second-order valence-corrected chi connectivity index (χ2v) is 8.76. The zero-order chi connectivity index (χ0) is 14.2. The maximum absolute atomic E-state index is 3.85. The van der Waals surface area contributed by atoms with Gasteiger partial charge in [-0.15, -0.1) is 0 Å². The van der Waals surface area contributed by atoms with Crippen molar-refractivity contribution in [2.24, 2.45) is 22.7 Å². The van der Waals surface area contributed by atoms with E-state index in [1.165, 1.54) is 45.1 Å². The van der Waals surface area contributed by atoms with E-state index in [9.17, 15) is 0 Å². The van der Waals surface area contributed by atoms with Crippen molar-refractivity contribution in [3.05, 3.63) is 0 Å². The third kappa shape index (κ3) is 3.06. The van der Waals surface area contributed by atoms with Gasteiger partial charge in [0.25, 0.3) is 0 Å². The maximum atomic E-state index is 3.85. The van der Waals surface area contributed by atoms with Crippen LogP contribution in [0.1, 0.15) is 65.7 Å². The zero-order valence-electron chi connectivity index (χ0n) is 13.8. The van der Waals surface area contributed by atoms with Gasteiger partial charge >= 0.3 is 0 Å². The molecule has 0 radical (unpaired) electrons. The van der Waals surface area contributed by atoms with Crippen molar-refractivity contribution in [3.63, 3.8) is 0 Å². The highest BCUT2D eigenvalue weighted by Gasteiger charge is 2.55. The molecule has 20 heavy (non-hydrogen) atoms. The van der Waals surface area contributed by atoms with Crippen LogP contribution in [0.15, 0.2) is 0 Å². The summed E-state index contributed by atoms with van der Waals surface area (Å²) in [6.45, 7) is 10.7. The summed E-state index contributed by atoms with van der Waals surface area (Å²) in [4.78, 5) is 0. The molecule has 4 fully saturated rings. The molecule has 0 aromatic rings. The number of rotatable bonds is 7. The summed E-state index contributed by atoms with van der Waals surface area (Å²) in [6.07, 6.45) is 10.4. The topological polar surface area (TPSA) is 24.1 Å². The van der Waals surface area contributed by atoms with Gasteiger partial charge < -0.3 is 10.6 Å². The second kappa shape index (κ2) is 5.61. The molecule has 4 saturated carbocycles. The molecule has 3 atom stereocenters. The highest BCUT2D eigenvalue weighted by Crippen LogP contribution is 2.64. The van der Waals surface area contributed by atoms with Gasteiger partial charge in [-0.2, -0.15) is 0 Å². The molecule has 0 spiro atoms. The van der Waals surface area contributed by atoms with Crippen molar-refractivity contribution in [2.75, 3.05) is 19.6 Å². The van der Waals surface area contributed by atoms with Crippen molar-refractivity contribution in [3.8, 4) is 0 Å². The molecule has 2 heteroatoms. The van der Waals surface area contributed by atoms with Crippen LogP contribution < -0.4 is 10.6 Å². The minimum Gasteiger partial charge on any atom is -0.315 e. The Morgan fingerprint density at radius 3 is 2.45 bits per heavy atom. The quantitative estimate of drug-likeness (QED) is 0.696. The van der Waals surface area contributed by atoms with Crippen molar-refractivity contribution in [1.82, 2.24) is 10.6 Å². The molecule has 0 heterocycles. The summed E-state index contributed by atoms with van der Waals surface area (Å²) < 4.78 is 0. The van der Waals surface area contributed by atoms with E-state index in [0.717, 1.165) is 24.9 Å². The largest absolute Gasteiger partial charge is 0.315 e. The van der Waals surface area contributed by atoms with Crippen molar-refractivity contribution in [2.45, 2.75) is 71.8 Å². The third-order valence-corrected chi connectivity index (χ3v) is 6.18. The number of hydrogen-bond acceptors (Lipinski definition) is 2. The van der Waals surface area contributed by atoms with Crippen LogP contribution in [-0.2, 0) is 0 Å². The van der Waals surface area contributed by atoms with Gasteiger partial charge in [0.15, 0.2) is 0 Å². The molecule has 0 aromatic carbocycles. The molecule has 3 unspecified atom stereocenters. The molecule has 0 aliphatic heterocycles. The van der Waals surface area contributed by atoms with Gasteiger partial charge in [0.1, 0.15) is 0 Å². The first-order valence-electron chi connectivity index (χ1n) is 8.97. The molecule has 0 saturated heterocycles. The SMILES string of the molecule is CCCNCC(C)NCC12CC3CC(CC(C)(C3)C1)C2. The van der Waals surface area contributed by atoms with E-state index in [0.29, 0.717) is 16.9 Å². The molecular weight excluding hydrogens is 244 g/mol. The Kier molecular flexibility index (Phi) is 4.16. The Morgan fingerprint density at radius 1 is 1.15 bits per heavy atom. The fraction of sp³-hybridized carbons (Fsp3) is 1.00. The Hall–Kier alpha value is -0.0800. The van der Waals surface area contributed by atoms with Crippen LogP contribution in [0.25, 0.3) is 0 Å². The van der Waals surface area contributed by atoms with Crippen LogP contribution in [0.4, 0.5) is 0 Å². The van der Waals surface area contributed by atoms with Gasteiger partial charge in [-0.3, -0.25) is 0 Å². The van der Waals surface area contributed by atoms with Crippen LogP contribution in [0.5, 0.6) is 0 Å². The molecule has 0 amide bonds. The lowest BCUT2D eigenvalue weighted by molar-refractivity contribution is -0.100. The van der Waals surface area contributed by atoms with Gasteiger partial charge in [0.05, 0.1) is 0 Å². The van der Waals surface area contributed by atoms with Gasteiger partial charge in [-0.1, -0.05) is 13.8 Å². The average molecular weight is 278 g/mol. The van der Waals surface area contributed by atoms with E-state index >= 15 is 0 Å². The number of hydrogen-bond donors (Lipinski definition) is 2. The van der Waals surface area contributed by atoms with Crippen LogP contribution in [0, 0.1) is 22.7 Å². The molecule has 2 nitrogen and oxygen atoms in total. The molecule has 4 aliphatic rings. The normalized spacial score (nSPS) is 44.0. The van der Waals surface area contributed by atoms with E-state index in [-0.39, 0.29) is 0 Å². The predicted octanol–water partition coefficient (Wildman–Crippen LogP) is 3.57. The van der Waals surface area contributed by atoms with Gasteiger partial charge in [0, 0.05) is 19.1 Å². The Morgan fingerprint density at radius 2 is 1.85 bits per heavy atom. The van der Waals surface area contributed by atoms with Crippen LogP contribution in [0.3, 0.4) is 0 Å². The molecule has 2 N–H and O–H groups in total. The van der Waals surface area contributed by atoms with Gasteiger partial charge in [-0.05, 0) is 81.1 Å². The fourth-order valence-corrected chi connectivity index (χ4v) is 6.09. The van der Waals surface area contributed by atoms with Gasteiger partial charge in [-0.25, -0.2) is 0 Å². The molecular formula is C18H34N2. The van der Waals surface area contributed by atoms with Crippen molar-refractivity contribution in [1.29, 1.82) is 0 Å². The van der Waals surface area contributed by atoms with Crippen LogP contribution in [0.2, 0.25) is 0 Å². The minimum atomic E-state index is 0.613. The monoisotopic (exact) mass is 278 g/mol. The van der Waals surface area contributed by atoms with E-state index in [1.807, 2.05) is 0 Å². The summed E-state index contributed by atoms with van der Waals surface area (Å²) in [5.41, 5.74) is 1.34. The molecule has 116 valence electrons. The van der Waals surface area contributed by atoms with Crippen LogP contribution >= 0.6 is 0 Å². The summed E-state index contributed by atoms with van der Waals surface area (Å²) in [6, 6.07) is 0.613. The zero-order valence-corrected chi connectivity index (χ0v) is 13.8. The highest BCUT2D eigenvalue weighted by atomic mass is 15.0. The smallest absolute Gasteiger partial charge is 0.0164 e. The minimum absolute atomic E-state index is 0.613. The Labute approximate surface area is 125 Å². The summed E-state index contributed by atoms with van der Waals surface area (Å²) in [7, 11) is 0. The molecule has 4 rings (SSSR count). The van der Waals surface area contributed by atoms with E-state index in [1.54, 1.807) is 6.42 Å². The highest BCUT2D eigenvalue weighted by molar-refractivity contribution is 5.06. The summed E-state index contributed by atoms with van der Waals surface area (Å²) >= 11 is 0. The Bertz CT molecular complexity index is 324. The molecule has 4 bridgehead atoms. The summed E-state index contributed by atoms with van der Waals surface area (Å²) in [5.74, 6) is 2.10. The lowest BCUT2D eigenvalue weighted by atomic mass is 9.44. The first kappa shape index (κ1) is 14.8. The van der Waals surface area contributed by atoms with Gasteiger partial charge in [0.2, 0.25) is 0 Å². The van der Waals surface area contributed by atoms with Crippen molar-refractivity contribution < 1.29 is 0 Å². The second-order valence-electron chi connectivity index (χ2n) is 8.76. The van der Waals surface area contributed by atoms with Crippen LogP contribution in [-0.4, -0.2) is 25.7 Å². The Balaban J connectivity index is 1.52. The number of nitrogens with one attached hydrogen (secondary N) is 2. The average Bonchev–Trinajstić information content (AvgIpc) is 2.34. The fourth-order valence-electron chi connectivity index (χ4n) is 6.09. The van der Waals surface area contributed by atoms with Crippen molar-refractivity contribution >= 4 is 0 Å². The lowest BCUT2D eigenvalue weighted by Gasteiger charge is -2.61. The van der Waals surface area contributed by atoms with E-state index < -0.39 is 0 Å². The van der Waals surface area contributed by atoms with E-state index in [4.69, 9.17) is 0 Å². The standard InChI is InChI=1S/C18H34N2/c1-4-5-19-11-14(2)20-13-18-9-15-6-16(10-18)8-17(3,7-15)12-18/h14-16,19-20H,4-13H2,1-3H3. The first-order valence-corrected chi connectivity index (χ1v) is 8.97. The lowest BCUT2D eigenvalue weighted by Crippen LogP contribution is -2.55. The van der Waals surface area contributed by atoms with E-state index in [2.05, 4.69) is 31.4 Å². The molecule has 0 aromatic heterocycles. The summed E-state index contributed by atoms with van der Waals surface area (Å²) in [5, 5.41) is 7.39. The first-order chi connectivity index (χ1) is 9.53. The third-order valence-electron chi connectivity index (χ3n) is 6.18. The maximum Gasteiger partial charge on any atom is 0.0164 e. The predicted molar refractivity (Wildman–Crippen MR) is 85.8 cm³/mol.